The molecule has 0 aliphatic carbocycles. The molecule has 0 radical (unpaired) electrons. The predicted octanol–water partition coefficient (Wildman–Crippen LogP) is 2.57. The van der Waals surface area contributed by atoms with Crippen LogP contribution in [0.3, 0.4) is 0 Å². The van der Waals surface area contributed by atoms with E-state index in [0.29, 0.717) is 0 Å². The molecule has 1 aromatic carbocycles. The van der Waals surface area contributed by atoms with E-state index in [1.165, 1.54) is 17.7 Å². The number of amidine groups is 1. The molecule has 1 aliphatic rings. The fourth-order valence-corrected chi connectivity index (χ4v) is 3.09. The lowest BCUT2D eigenvalue weighted by molar-refractivity contribution is 0.318. The van der Waals surface area contributed by atoms with Gasteiger partial charge in [0, 0.05) is 24.3 Å². The van der Waals surface area contributed by atoms with E-state index in [-0.39, 0.29) is 5.84 Å². The van der Waals surface area contributed by atoms with Crippen molar-refractivity contribution in [2.75, 3.05) is 18.0 Å². The van der Waals surface area contributed by atoms with Crippen molar-refractivity contribution in [2.24, 2.45) is 22.7 Å². The van der Waals surface area contributed by atoms with E-state index in [1.807, 2.05) is 12.1 Å². The van der Waals surface area contributed by atoms with Crippen molar-refractivity contribution in [1.82, 2.24) is 0 Å². The number of aryl methyl sites for hydroxylation is 1. The van der Waals surface area contributed by atoms with Gasteiger partial charge in [-0.25, -0.2) is 0 Å². The van der Waals surface area contributed by atoms with Gasteiger partial charge in [0.15, 0.2) is 5.84 Å². The molecule has 0 aromatic heterocycles. The maximum Gasteiger partial charge on any atom is 0.170 e. The Bertz CT molecular complexity index is 474. The van der Waals surface area contributed by atoms with Crippen LogP contribution in [0.25, 0.3) is 0 Å². The van der Waals surface area contributed by atoms with Crippen LogP contribution < -0.4 is 10.6 Å². The lowest BCUT2D eigenvalue weighted by Gasteiger charge is -2.37. The zero-order valence-corrected chi connectivity index (χ0v) is 11.9. The zero-order chi connectivity index (χ0) is 14.0. The number of nitrogens with zero attached hydrogens (tertiary/aromatic N) is 2. The smallest absolute Gasteiger partial charge is 0.170 e. The van der Waals surface area contributed by atoms with Crippen molar-refractivity contribution in [3.63, 3.8) is 0 Å². The first-order valence-electron chi connectivity index (χ1n) is 6.84. The number of rotatable bonds is 2. The zero-order valence-electron chi connectivity index (χ0n) is 11.9. The Morgan fingerprint density at radius 3 is 2.47 bits per heavy atom. The molecule has 3 N–H and O–H groups in total. The van der Waals surface area contributed by atoms with Gasteiger partial charge in [-0.05, 0) is 48.9 Å². The number of oxime groups is 1. The average Bonchev–Trinajstić information content (AvgIpc) is 2.36. The highest BCUT2D eigenvalue weighted by Crippen LogP contribution is 2.29. The van der Waals surface area contributed by atoms with Gasteiger partial charge in [0.1, 0.15) is 0 Å². The Labute approximate surface area is 114 Å². The van der Waals surface area contributed by atoms with E-state index in [4.69, 9.17) is 10.9 Å². The summed E-state index contributed by atoms with van der Waals surface area (Å²) in [4.78, 5) is 2.45. The molecule has 0 bridgehead atoms. The van der Waals surface area contributed by atoms with Gasteiger partial charge in [-0.15, -0.1) is 0 Å². The first-order valence-corrected chi connectivity index (χ1v) is 6.84. The second kappa shape index (κ2) is 5.51. The largest absolute Gasteiger partial charge is 0.409 e. The number of hydrogen-bond donors (Lipinski definition) is 2. The predicted molar refractivity (Wildman–Crippen MR) is 78.8 cm³/mol. The number of benzene rings is 1. The van der Waals surface area contributed by atoms with Crippen LogP contribution in [-0.4, -0.2) is 24.1 Å². The fourth-order valence-electron chi connectivity index (χ4n) is 3.09. The Morgan fingerprint density at radius 1 is 1.32 bits per heavy atom. The summed E-state index contributed by atoms with van der Waals surface area (Å²) in [7, 11) is 0. The maximum absolute atomic E-state index is 8.72. The SMILES string of the molecule is Cc1cc(/C(N)=N/O)ccc1N1CC(C)CC(C)C1. The third kappa shape index (κ3) is 3.00. The molecule has 1 aliphatic heterocycles. The average molecular weight is 261 g/mol. The van der Waals surface area contributed by atoms with Crippen LogP contribution in [0.5, 0.6) is 0 Å². The van der Waals surface area contributed by atoms with Crippen LogP contribution >= 0.6 is 0 Å². The summed E-state index contributed by atoms with van der Waals surface area (Å²) in [6.45, 7) is 8.90. The molecule has 1 aromatic rings. The highest BCUT2D eigenvalue weighted by molar-refractivity contribution is 5.97. The summed E-state index contributed by atoms with van der Waals surface area (Å²) in [5, 5.41) is 11.8. The first-order chi connectivity index (χ1) is 9.01. The lowest BCUT2D eigenvalue weighted by Crippen LogP contribution is -2.39. The van der Waals surface area contributed by atoms with Crippen LogP contribution in [0.1, 0.15) is 31.4 Å². The quantitative estimate of drug-likeness (QED) is 0.372. The van der Waals surface area contributed by atoms with Gasteiger partial charge in [0.25, 0.3) is 0 Å². The summed E-state index contributed by atoms with van der Waals surface area (Å²) in [6, 6.07) is 5.98. The molecule has 0 spiro atoms. The van der Waals surface area contributed by atoms with Crippen LogP contribution in [-0.2, 0) is 0 Å². The lowest BCUT2D eigenvalue weighted by atomic mass is 9.91. The molecular weight excluding hydrogens is 238 g/mol. The minimum absolute atomic E-state index is 0.162. The van der Waals surface area contributed by atoms with Gasteiger partial charge in [-0.1, -0.05) is 19.0 Å². The van der Waals surface area contributed by atoms with E-state index in [0.717, 1.165) is 30.5 Å². The van der Waals surface area contributed by atoms with Crippen molar-refractivity contribution >= 4 is 11.5 Å². The first kappa shape index (κ1) is 13.7. The Hall–Kier alpha value is -1.71. The summed E-state index contributed by atoms with van der Waals surface area (Å²) in [5.74, 6) is 1.62. The molecule has 2 rings (SSSR count). The molecule has 1 saturated heterocycles. The van der Waals surface area contributed by atoms with Crippen LogP contribution in [0, 0.1) is 18.8 Å². The number of anilines is 1. The van der Waals surface area contributed by atoms with E-state index < -0.39 is 0 Å². The molecule has 2 atom stereocenters. The van der Waals surface area contributed by atoms with Gasteiger partial charge in [-0.3, -0.25) is 0 Å². The van der Waals surface area contributed by atoms with Crippen LogP contribution in [0.4, 0.5) is 5.69 Å². The molecule has 0 amide bonds. The van der Waals surface area contributed by atoms with Crippen LogP contribution in [0.15, 0.2) is 23.4 Å². The molecule has 1 fully saturated rings. The second-order valence-electron chi connectivity index (χ2n) is 5.84. The molecular formula is C15H23N3O. The van der Waals surface area contributed by atoms with E-state index in [1.54, 1.807) is 0 Å². The molecule has 0 saturated carbocycles. The van der Waals surface area contributed by atoms with Crippen molar-refractivity contribution in [3.8, 4) is 0 Å². The van der Waals surface area contributed by atoms with Gasteiger partial charge < -0.3 is 15.8 Å². The molecule has 4 heteroatoms. The topological polar surface area (TPSA) is 61.9 Å². The maximum atomic E-state index is 8.72. The molecule has 104 valence electrons. The summed E-state index contributed by atoms with van der Waals surface area (Å²) in [5.41, 5.74) is 8.82. The van der Waals surface area contributed by atoms with E-state index in [9.17, 15) is 0 Å². The van der Waals surface area contributed by atoms with E-state index in [2.05, 4.69) is 36.9 Å². The van der Waals surface area contributed by atoms with Gasteiger partial charge >= 0.3 is 0 Å². The molecule has 1 heterocycles. The van der Waals surface area contributed by atoms with Crippen LogP contribution in [0.2, 0.25) is 0 Å². The van der Waals surface area contributed by atoms with Gasteiger partial charge in [0.2, 0.25) is 0 Å². The highest BCUT2D eigenvalue weighted by Gasteiger charge is 2.22. The molecule has 19 heavy (non-hydrogen) atoms. The van der Waals surface area contributed by atoms with Crippen molar-refractivity contribution in [2.45, 2.75) is 27.2 Å². The monoisotopic (exact) mass is 261 g/mol. The van der Waals surface area contributed by atoms with Crippen molar-refractivity contribution < 1.29 is 5.21 Å². The normalized spacial score (nSPS) is 24.6. The Balaban J connectivity index is 2.26. The minimum Gasteiger partial charge on any atom is -0.409 e. The molecule has 4 nitrogen and oxygen atoms in total. The number of piperidine rings is 1. The standard InChI is InChI=1S/C15H23N3O/c1-10-6-11(2)9-18(8-10)14-5-4-13(7-12(14)3)15(16)17-19/h4-5,7,10-11,19H,6,8-9H2,1-3H3,(H2,16,17). The summed E-state index contributed by atoms with van der Waals surface area (Å²) >= 11 is 0. The summed E-state index contributed by atoms with van der Waals surface area (Å²) in [6.07, 6.45) is 1.30. The highest BCUT2D eigenvalue weighted by atomic mass is 16.4. The third-order valence-corrected chi connectivity index (χ3v) is 3.81. The fraction of sp³-hybridized carbons (Fsp3) is 0.533. The Morgan fingerprint density at radius 2 is 1.95 bits per heavy atom. The van der Waals surface area contributed by atoms with Crippen molar-refractivity contribution in [1.29, 1.82) is 0 Å². The third-order valence-electron chi connectivity index (χ3n) is 3.81. The van der Waals surface area contributed by atoms with E-state index >= 15 is 0 Å². The summed E-state index contributed by atoms with van der Waals surface area (Å²) < 4.78 is 0. The van der Waals surface area contributed by atoms with Gasteiger partial charge in [-0.2, -0.15) is 0 Å². The number of hydrogen-bond acceptors (Lipinski definition) is 3. The Kier molecular flexibility index (Phi) is 3.98. The van der Waals surface area contributed by atoms with Gasteiger partial charge in [0.05, 0.1) is 0 Å². The molecule has 2 unspecified atom stereocenters. The minimum atomic E-state index is 0.162. The number of nitrogens with two attached hydrogens (primary N) is 1. The van der Waals surface area contributed by atoms with Crippen molar-refractivity contribution in [3.05, 3.63) is 29.3 Å². The second-order valence-corrected chi connectivity index (χ2v) is 5.84.